The lowest BCUT2D eigenvalue weighted by atomic mass is 10.2. The molecule has 0 unspecified atom stereocenters. The molecule has 138 valence electrons. The highest BCUT2D eigenvalue weighted by Crippen LogP contribution is 2.26. The van der Waals surface area contributed by atoms with Crippen LogP contribution in [-0.2, 0) is 13.0 Å². The Morgan fingerprint density at radius 1 is 1.12 bits per heavy atom. The summed E-state index contributed by atoms with van der Waals surface area (Å²) in [6, 6.07) is 2.57. The molecule has 0 bridgehead atoms. The van der Waals surface area contributed by atoms with E-state index in [-0.39, 0.29) is 0 Å². The maximum atomic E-state index is 5.90. The number of nitrogens with zero attached hydrogens (tertiary/aromatic N) is 6. The standard InChI is InChI=1S/C18H26N8/c1-2-15-20-10-13(11-21-15)12-25-5-7-26(8-6-25)17-9-16(22-14-3-4-14)23-18(19)24-17/h9-11,14H,2-8,12H2,1H3,(H3,19,22,23,24). The molecule has 26 heavy (non-hydrogen) atoms. The minimum Gasteiger partial charge on any atom is -0.368 e. The second-order valence-corrected chi connectivity index (χ2v) is 7.01. The van der Waals surface area contributed by atoms with E-state index in [0.29, 0.717) is 12.0 Å². The van der Waals surface area contributed by atoms with Crippen molar-refractivity contribution >= 4 is 17.6 Å². The first-order chi connectivity index (χ1) is 12.7. The van der Waals surface area contributed by atoms with Gasteiger partial charge in [-0.15, -0.1) is 0 Å². The van der Waals surface area contributed by atoms with E-state index >= 15 is 0 Å². The summed E-state index contributed by atoms with van der Waals surface area (Å²) in [5, 5.41) is 3.40. The molecular formula is C18H26N8. The van der Waals surface area contributed by atoms with E-state index in [1.165, 1.54) is 12.8 Å². The van der Waals surface area contributed by atoms with Crippen LogP contribution in [-0.4, -0.2) is 57.1 Å². The van der Waals surface area contributed by atoms with Gasteiger partial charge in [0.25, 0.3) is 0 Å². The van der Waals surface area contributed by atoms with Crippen molar-refractivity contribution in [1.29, 1.82) is 0 Å². The van der Waals surface area contributed by atoms with Crippen molar-refractivity contribution in [2.45, 2.75) is 38.8 Å². The summed E-state index contributed by atoms with van der Waals surface area (Å²) in [7, 11) is 0. The largest absolute Gasteiger partial charge is 0.368 e. The van der Waals surface area contributed by atoms with Gasteiger partial charge in [0, 0.05) is 69.2 Å². The molecule has 8 heteroatoms. The first-order valence-corrected chi connectivity index (χ1v) is 9.38. The van der Waals surface area contributed by atoms with Crippen molar-refractivity contribution in [1.82, 2.24) is 24.8 Å². The van der Waals surface area contributed by atoms with Crippen molar-refractivity contribution in [3.63, 3.8) is 0 Å². The molecule has 0 spiro atoms. The Balaban J connectivity index is 1.34. The first kappa shape index (κ1) is 17.0. The topological polar surface area (TPSA) is 96.1 Å². The van der Waals surface area contributed by atoms with Gasteiger partial charge in [0.05, 0.1) is 0 Å². The van der Waals surface area contributed by atoms with Crippen LogP contribution in [0.25, 0.3) is 0 Å². The van der Waals surface area contributed by atoms with E-state index in [1.54, 1.807) is 0 Å². The first-order valence-electron chi connectivity index (χ1n) is 9.38. The zero-order valence-electron chi connectivity index (χ0n) is 15.2. The van der Waals surface area contributed by atoms with E-state index < -0.39 is 0 Å². The second-order valence-electron chi connectivity index (χ2n) is 7.01. The zero-order chi connectivity index (χ0) is 17.9. The molecule has 0 atom stereocenters. The van der Waals surface area contributed by atoms with Crippen molar-refractivity contribution in [2.24, 2.45) is 0 Å². The fourth-order valence-electron chi connectivity index (χ4n) is 3.16. The lowest BCUT2D eigenvalue weighted by Crippen LogP contribution is -2.46. The number of piperazine rings is 1. The number of hydrogen-bond acceptors (Lipinski definition) is 8. The molecule has 1 saturated carbocycles. The zero-order valence-corrected chi connectivity index (χ0v) is 15.2. The van der Waals surface area contributed by atoms with E-state index in [2.05, 4.69) is 42.0 Å². The maximum absolute atomic E-state index is 5.90. The van der Waals surface area contributed by atoms with E-state index in [4.69, 9.17) is 5.73 Å². The Hall–Kier alpha value is -2.48. The summed E-state index contributed by atoms with van der Waals surface area (Å²) in [6.07, 6.45) is 7.18. The van der Waals surface area contributed by atoms with Gasteiger partial charge in [0.15, 0.2) is 0 Å². The van der Waals surface area contributed by atoms with Crippen molar-refractivity contribution in [3.8, 4) is 0 Å². The lowest BCUT2D eigenvalue weighted by Gasteiger charge is -2.35. The minimum absolute atomic E-state index is 0.334. The predicted molar refractivity (Wildman–Crippen MR) is 102 cm³/mol. The molecule has 3 N–H and O–H groups in total. The summed E-state index contributed by atoms with van der Waals surface area (Å²) < 4.78 is 0. The average Bonchev–Trinajstić information content (AvgIpc) is 3.46. The Morgan fingerprint density at radius 3 is 2.50 bits per heavy atom. The highest BCUT2D eigenvalue weighted by molar-refractivity contribution is 5.53. The normalized spacial score (nSPS) is 18.1. The smallest absolute Gasteiger partial charge is 0.223 e. The number of anilines is 3. The fraction of sp³-hybridized carbons (Fsp3) is 0.556. The highest BCUT2D eigenvalue weighted by atomic mass is 15.3. The summed E-state index contributed by atoms with van der Waals surface area (Å²) in [6.45, 7) is 6.76. The Kier molecular flexibility index (Phi) is 4.83. The van der Waals surface area contributed by atoms with Crippen molar-refractivity contribution in [3.05, 3.63) is 29.8 Å². The molecule has 2 fully saturated rings. The van der Waals surface area contributed by atoms with Gasteiger partial charge in [-0.25, -0.2) is 9.97 Å². The molecule has 1 aliphatic heterocycles. The van der Waals surface area contributed by atoms with Crippen LogP contribution in [0.2, 0.25) is 0 Å². The molecule has 3 heterocycles. The van der Waals surface area contributed by atoms with Crippen LogP contribution in [0.5, 0.6) is 0 Å². The number of aromatic nitrogens is 4. The summed E-state index contributed by atoms with van der Waals surface area (Å²) in [5.74, 6) is 2.98. The van der Waals surface area contributed by atoms with Gasteiger partial charge in [-0.2, -0.15) is 9.97 Å². The molecular weight excluding hydrogens is 328 g/mol. The maximum Gasteiger partial charge on any atom is 0.223 e. The molecule has 1 saturated heterocycles. The van der Waals surface area contributed by atoms with Crippen molar-refractivity contribution < 1.29 is 0 Å². The van der Waals surface area contributed by atoms with Crippen LogP contribution >= 0.6 is 0 Å². The molecule has 4 rings (SSSR count). The molecule has 2 aromatic rings. The van der Waals surface area contributed by atoms with E-state index in [1.807, 2.05) is 18.5 Å². The Morgan fingerprint density at radius 2 is 1.85 bits per heavy atom. The lowest BCUT2D eigenvalue weighted by molar-refractivity contribution is 0.248. The molecule has 0 aromatic carbocycles. The summed E-state index contributed by atoms with van der Waals surface area (Å²) in [4.78, 5) is 22.2. The van der Waals surface area contributed by atoms with Gasteiger partial charge in [-0.3, -0.25) is 4.90 Å². The van der Waals surface area contributed by atoms with Crippen LogP contribution in [0.15, 0.2) is 18.5 Å². The SMILES string of the molecule is CCc1ncc(CN2CCN(c3cc(NC4CC4)nc(N)n3)CC2)cn1. The van der Waals surface area contributed by atoms with E-state index in [0.717, 1.165) is 62.2 Å². The van der Waals surface area contributed by atoms with E-state index in [9.17, 15) is 0 Å². The molecule has 0 radical (unpaired) electrons. The van der Waals surface area contributed by atoms with Crippen LogP contribution in [0.1, 0.15) is 31.2 Å². The van der Waals surface area contributed by atoms with Crippen LogP contribution < -0.4 is 16.0 Å². The molecule has 2 aromatic heterocycles. The Bertz CT molecular complexity index is 735. The number of hydrogen-bond donors (Lipinski definition) is 2. The molecule has 0 amide bonds. The minimum atomic E-state index is 0.334. The monoisotopic (exact) mass is 354 g/mol. The fourth-order valence-corrected chi connectivity index (χ4v) is 3.16. The molecule has 8 nitrogen and oxygen atoms in total. The number of nitrogens with two attached hydrogens (primary N) is 1. The van der Waals surface area contributed by atoms with Gasteiger partial charge >= 0.3 is 0 Å². The van der Waals surface area contributed by atoms with Gasteiger partial charge in [0.2, 0.25) is 5.95 Å². The van der Waals surface area contributed by atoms with Gasteiger partial charge in [-0.1, -0.05) is 6.92 Å². The number of rotatable bonds is 6. The second kappa shape index (κ2) is 7.41. The third kappa shape index (κ3) is 4.19. The highest BCUT2D eigenvalue weighted by Gasteiger charge is 2.23. The predicted octanol–water partition coefficient (Wildman–Crippen LogP) is 1.31. The number of nitrogens with one attached hydrogen (secondary N) is 1. The summed E-state index contributed by atoms with van der Waals surface area (Å²) in [5.41, 5.74) is 7.07. The molecule has 1 aliphatic carbocycles. The van der Waals surface area contributed by atoms with Gasteiger partial charge in [0.1, 0.15) is 17.5 Å². The number of aryl methyl sites for hydroxylation is 1. The van der Waals surface area contributed by atoms with Crippen molar-refractivity contribution in [2.75, 3.05) is 42.1 Å². The van der Waals surface area contributed by atoms with Gasteiger partial charge in [-0.05, 0) is 12.8 Å². The van der Waals surface area contributed by atoms with Gasteiger partial charge < -0.3 is 16.0 Å². The third-order valence-electron chi connectivity index (χ3n) is 4.84. The summed E-state index contributed by atoms with van der Waals surface area (Å²) >= 11 is 0. The van der Waals surface area contributed by atoms with Crippen LogP contribution in [0.4, 0.5) is 17.6 Å². The molecule has 2 aliphatic rings. The third-order valence-corrected chi connectivity index (χ3v) is 4.84. The Labute approximate surface area is 153 Å². The van der Waals surface area contributed by atoms with Crippen LogP contribution in [0, 0.1) is 0 Å². The number of nitrogen functional groups attached to an aromatic ring is 1. The average molecular weight is 354 g/mol. The quantitative estimate of drug-likeness (QED) is 0.801. The van der Waals surface area contributed by atoms with Crippen LogP contribution in [0.3, 0.4) is 0 Å².